The van der Waals surface area contributed by atoms with Gasteiger partial charge in [-0.15, -0.1) is 11.6 Å². The van der Waals surface area contributed by atoms with Crippen LogP contribution in [0.2, 0.25) is 0 Å². The minimum atomic E-state index is -3.76. The molecule has 2 bridgehead atoms. The van der Waals surface area contributed by atoms with Crippen molar-refractivity contribution in [2.24, 2.45) is 16.9 Å². The van der Waals surface area contributed by atoms with Gasteiger partial charge in [-0.3, -0.25) is 4.79 Å². The Kier molecular flexibility index (Phi) is 3.53. The second-order valence-electron chi connectivity index (χ2n) is 5.50. The molecule has 21 heavy (non-hydrogen) atoms. The number of halogens is 1. The summed E-state index contributed by atoms with van der Waals surface area (Å²) < 4.78 is 24.3. The predicted octanol–water partition coefficient (Wildman–Crippen LogP) is 1.85. The van der Waals surface area contributed by atoms with Gasteiger partial charge in [-0.05, 0) is 31.9 Å². The van der Waals surface area contributed by atoms with E-state index in [9.17, 15) is 13.2 Å². The lowest BCUT2D eigenvalue weighted by Crippen LogP contribution is -2.27. The molecule has 1 N–H and O–H groups in total. The smallest absolute Gasteiger partial charge is 0.276 e. The Morgan fingerprint density at radius 2 is 1.81 bits per heavy atom. The number of hydrogen-bond donors (Lipinski definition) is 1. The molecule has 2 fully saturated rings. The molecular weight excluding hydrogens is 312 g/mol. The zero-order chi connectivity index (χ0) is 15.2. The number of rotatable bonds is 3. The molecule has 5 nitrogen and oxygen atoms in total. The Balaban J connectivity index is 1.82. The van der Waals surface area contributed by atoms with Gasteiger partial charge < -0.3 is 0 Å². The summed E-state index contributed by atoms with van der Waals surface area (Å²) in [6.45, 7) is 1.87. The molecule has 2 aliphatic carbocycles. The Hall–Kier alpha value is -1.40. The minimum Gasteiger partial charge on any atom is -0.292 e. The van der Waals surface area contributed by atoms with Gasteiger partial charge in [0.05, 0.1) is 10.3 Å². The predicted molar refractivity (Wildman–Crippen MR) is 79.8 cm³/mol. The fourth-order valence-electron chi connectivity index (χ4n) is 2.91. The molecule has 0 aromatic heterocycles. The Labute approximate surface area is 128 Å². The molecule has 2 aliphatic rings. The quantitative estimate of drug-likeness (QED) is 0.680. The molecule has 0 aliphatic heterocycles. The van der Waals surface area contributed by atoms with E-state index in [-0.39, 0.29) is 33.6 Å². The molecule has 0 unspecified atom stereocenters. The second kappa shape index (κ2) is 5.10. The lowest BCUT2D eigenvalue weighted by atomic mass is 9.97. The van der Waals surface area contributed by atoms with Crippen LogP contribution < -0.4 is 4.83 Å². The van der Waals surface area contributed by atoms with Crippen molar-refractivity contribution in [2.45, 2.75) is 30.0 Å². The molecule has 0 saturated heterocycles. The molecule has 7 heteroatoms. The lowest BCUT2D eigenvalue weighted by Gasteiger charge is -2.11. The second-order valence-corrected chi connectivity index (χ2v) is 7.67. The van der Waals surface area contributed by atoms with Crippen molar-refractivity contribution in [3.05, 3.63) is 29.8 Å². The van der Waals surface area contributed by atoms with Gasteiger partial charge in [0.1, 0.15) is 5.71 Å². The Bertz CT molecular complexity index is 712. The maximum atomic E-state index is 12.1. The summed E-state index contributed by atoms with van der Waals surface area (Å²) in [5.41, 5.74) is 1.23. The van der Waals surface area contributed by atoms with Crippen LogP contribution in [-0.4, -0.2) is 25.3 Å². The zero-order valence-corrected chi connectivity index (χ0v) is 13.0. The highest BCUT2D eigenvalue weighted by atomic mass is 35.5. The van der Waals surface area contributed by atoms with Gasteiger partial charge >= 0.3 is 0 Å². The number of Topliss-reactive ketones (excluding diaryl/α,β-unsaturated/α-hetero) is 1. The molecule has 1 aromatic carbocycles. The fraction of sp³-hybridized carbons (Fsp3) is 0.429. The summed E-state index contributed by atoms with van der Waals surface area (Å²) in [5, 5.41) is 3.60. The molecule has 2 saturated carbocycles. The first kappa shape index (κ1) is 14.5. The maximum Gasteiger partial charge on any atom is 0.276 e. The van der Waals surface area contributed by atoms with Crippen LogP contribution in [0.1, 0.15) is 18.4 Å². The first-order valence-electron chi connectivity index (χ1n) is 6.74. The number of carbonyl (C=O) groups is 1. The summed E-state index contributed by atoms with van der Waals surface area (Å²) in [6.07, 6.45) is 1.55. The van der Waals surface area contributed by atoms with E-state index in [1.54, 1.807) is 12.1 Å². The van der Waals surface area contributed by atoms with E-state index < -0.39 is 10.0 Å². The van der Waals surface area contributed by atoms with Crippen molar-refractivity contribution in [1.82, 2.24) is 4.83 Å². The minimum absolute atomic E-state index is 0.121. The molecule has 0 spiro atoms. The summed E-state index contributed by atoms with van der Waals surface area (Å²) in [6, 6.07) is 6.42. The maximum absolute atomic E-state index is 12.1. The highest BCUT2D eigenvalue weighted by molar-refractivity contribution is 7.89. The molecule has 0 amide bonds. The van der Waals surface area contributed by atoms with Crippen molar-refractivity contribution in [1.29, 1.82) is 0 Å². The van der Waals surface area contributed by atoms with Crippen LogP contribution in [-0.2, 0) is 14.8 Å². The number of carbonyl (C=O) groups excluding carboxylic acids is 1. The monoisotopic (exact) mass is 326 g/mol. The number of nitrogens with one attached hydrogen (secondary N) is 1. The molecule has 3 atom stereocenters. The van der Waals surface area contributed by atoms with Gasteiger partial charge in [0.15, 0.2) is 5.78 Å². The van der Waals surface area contributed by atoms with Crippen LogP contribution in [0.5, 0.6) is 0 Å². The number of benzene rings is 1. The number of alkyl halides is 1. The average Bonchev–Trinajstić information content (AvgIpc) is 2.91. The van der Waals surface area contributed by atoms with E-state index in [4.69, 9.17) is 11.6 Å². The number of hydrogen-bond acceptors (Lipinski definition) is 4. The molecule has 1 aromatic rings. The first-order valence-corrected chi connectivity index (χ1v) is 8.66. The van der Waals surface area contributed by atoms with Crippen molar-refractivity contribution in [3.8, 4) is 0 Å². The van der Waals surface area contributed by atoms with E-state index in [2.05, 4.69) is 9.93 Å². The van der Waals surface area contributed by atoms with Gasteiger partial charge in [-0.1, -0.05) is 17.7 Å². The van der Waals surface area contributed by atoms with Crippen molar-refractivity contribution in [3.63, 3.8) is 0 Å². The number of ketones is 1. The lowest BCUT2D eigenvalue weighted by molar-refractivity contribution is -0.115. The highest BCUT2D eigenvalue weighted by Crippen LogP contribution is 2.43. The van der Waals surface area contributed by atoms with Crippen LogP contribution >= 0.6 is 11.6 Å². The average molecular weight is 327 g/mol. The number of nitrogens with zero attached hydrogens (tertiary/aromatic N) is 1. The number of fused-ring (bicyclic) bond motifs is 2. The third kappa shape index (κ3) is 2.46. The first-order chi connectivity index (χ1) is 9.90. The van der Waals surface area contributed by atoms with E-state index in [1.807, 2.05) is 6.92 Å². The van der Waals surface area contributed by atoms with E-state index in [1.165, 1.54) is 12.1 Å². The van der Waals surface area contributed by atoms with Gasteiger partial charge in [0, 0.05) is 11.8 Å². The molecule has 3 rings (SSSR count). The van der Waals surface area contributed by atoms with Gasteiger partial charge in [0.2, 0.25) is 0 Å². The van der Waals surface area contributed by atoms with Crippen LogP contribution in [0.4, 0.5) is 0 Å². The van der Waals surface area contributed by atoms with Crippen LogP contribution in [0, 0.1) is 18.8 Å². The van der Waals surface area contributed by atoms with Crippen molar-refractivity contribution >= 4 is 33.1 Å². The zero-order valence-electron chi connectivity index (χ0n) is 11.4. The van der Waals surface area contributed by atoms with E-state index >= 15 is 0 Å². The normalized spacial score (nSPS) is 30.1. The standard InChI is InChI=1S/C14H15ClN2O3S/c1-8-2-4-9(5-3-8)21(19,20)17-16-13-10-6-7-11(12(10)15)14(13)18/h2-5,10-12,17H,6-7H2,1H3/b16-13+/t10-,11-,12+/m0/s1. The van der Waals surface area contributed by atoms with Crippen molar-refractivity contribution < 1.29 is 13.2 Å². The Morgan fingerprint density at radius 3 is 2.38 bits per heavy atom. The van der Waals surface area contributed by atoms with E-state index in [0.29, 0.717) is 0 Å². The Morgan fingerprint density at radius 1 is 1.19 bits per heavy atom. The largest absolute Gasteiger partial charge is 0.292 e. The molecule has 112 valence electrons. The summed E-state index contributed by atoms with van der Waals surface area (Å²) in [7, 11) is -3.76. The number of hydrazone groups is 1. The SMILES string of the molecule is Cc1ccc(S(=O)(=O)N/N=C2/C(=O)[C@H]3CC[C@H]2[C@H]3Cl)cc1. The number of aryl methyl sites for hydroxylation is 1. The van der Waals surface area contributed by atoms with Gasteiger partial charge in [-0.2, -0.15) is 18.4 Å². The van der Waals surface area contributed by atoms with Crippen molar-refractivity contribution in [2.75, 3.05) is 0 Å². The fourth-order valence-corrected chi connectivity index (χ4v) is 4.22. The topological polar surface area (TPSA) is 75.6 Å². The highest BCUT2D eigenvalue weighted by Gasteiger charge is 2.51. The summed E-state index contributed by atoms with van der Waals surface area (Å²) >= 11 is 6.17. The molecule has 0 radical (unpaired) electrons. The number of sulfonamides is 1. The summed E-state index contributed by atoms with van der Waals surface area (Å²) in [4.78, 5) is 14.3. The molecule has 0 heterocycles. The van der Waals surface area contributed by atoms with Crippen LogP contribution in [0.3, 0.4) is 0 Å². The van der Waals surface area contributed by atoms with E-state index in [0.717, 1.165) is 18.4 Å². The van der Waals surface area contributed by atoms with Crippen LogP contribution in [0.25, 0.3) is 0 Å². The van der Waals surface area contributed by atoms with Gasteiger partial charge in [-0.25, -0.2) is 0 Å². The molecular formula is C14H15ClN2O3S. The third-order valence-corrected chi connectivity index (χ3v) is 5.95. The van der Waals surface area contributed by atoms with Gasteiger partial charge in [0.25, 0.3) is 10.0 Å². The van der Waals surface area contributed by atoms with Crippen LogP contribution in [0.15, 0.2) is 34.3 Å². The third-order valence-electron chi connectivity index (χ3n) is 4.12. The summed E-state index contributed by atoms with van der Waals surface area (Å²) in [5.74, 6) is -0.470.